The smallest absolute Gasteiger partial charge is 0.224 e. The fourth-order valence-corrected chi connectivity index (χ4v) is 4.15. The molecule has 2 atom stereocenters. The van der Waals surface area contributed by atoms with Crippen LogP contribution >= 0.6 is 0 Å². The van der Waals surface area contributed by atoms with E-state index in [1.165, 1.54) is 0 Å². The predicted molar refractivity (Wildman–Crippen MR) is 95.0 cm³/mol. The van der Waals surface area contributed by atoms with Gasteiger partial charge in [0.15, 0.2) is 0 Å². The average Bonchev–Trinajstić information content (AvgIpc) is 3.15. The van der Waals surface area contributed by atoms with Crippen LogP contribution in [0.4, 0.5) is 0 Å². The molecule has 3 heterocycles. The number of ether oxygens (including phenoxy) is 1. The van der Waals surface area contributed by atoms with Crippen molar-refractivity contribution in [3.8, 4) is 0 Å². The number of aryl methyl sites for hydroxylation is 1. The summed E-state index contributed by atoms with van der Waals surface area (Å²) in [6, 6.07) is 4.26. The molecule has 25 heavy (non-hydrogen) atoms. The van der Waals surface area contributed by atoms with E-state index in [2.05, 4.69) is 4.90 Å². The molecule has 2 aliphatic heterocycles. The maximum atomic E-state index is 12.5. The summed E-state index contributed by atoms with van der Waals surface area (Å²) in [5.74, 6) is 0.921. The number of hydrogen-bond acceptors (Lipinski definition) is 3. The SMILES string of the molecule is COCCCN1C(=O)CCC2CN(C(=O)CCn3cccc3)CCC21. The Kier molecular flexibility index (Phi) is 6.13. The topological polar surface area (TPSA) is 54.8 Å². The number of carbonyl (C=O) groups is 2. The van der Waals surface area contributed by atoms with E-state index in [9.17, 15) is 9.59 Å². The second-order valence-corrected chi connectivity index (χ2v) is 7.10. The molecule has 3 rings (SSSR count). The lowest BCUT2D eigenvalue weighted by atomic mass is 9.83. The van der Waals surface area contributed by atoms with Gasteiger partial charge in [0.2, 0.25) is 11.8 Å². The normalized spacial score (nSPS) is 23.6. The molecule has 0 radical (unpaired) electrons. The standard InChI is InChI=1S/C19H29N3O3/c1-25-14-4-11-22-17-7-13-21(15-16(17)5-6-19(22)24)18(23)8-12-20-9-2-3-10-20/h2-3,9-10,16-17H,4-8,11-15H2,1H3. The van der Waals surface area contributed by atoms with E-state index in [-0.39, 0.29) is 11.8 Å². The molecule has 2 amide bonds. The minimum Gasteiger partial charge on any atom is -0.385 e. The minimum absolute atomic E-state index is 0.231. The van der Waals surface area contributed by atoms with Crippen LogP contribution in [0, 0.1) is 5.92 Å². The zero-order valence-electron chi connectivity index (χ0n) is 15.1. The number of aromatic nitrogens is 1. The first kappa shape index (κ1) is 18.0. The van der Waals surface area contributed by atoms with Crippen molar-refractivity contribution in [2.24, 2.45) is 5.92 Å². The van der Waals surface area contributed by atoms with Gasteiger partial charge in [0, 0.05) is 71.2 Å². The number of piperidine rings is 2. The summed E-state index contributed by atoms with van der Waals surface area (Å²) in [6.45, 7) is 3.75. The van der Waals surface area contributed by atoms with Crippen LogP contribution in [0.2, 0.25) is 0 Å². The van der Waals surface area contributed by atoms with Crippen LogP contribution in [0.3, 0.4) is 0 Å². The van der Waals surface area contributed by atoms with Gasteiger partial charge < -0.3 is 19.1 Å². The Morgan fingerprint density at radius 3 is 2.80 bits per heavy atom. The van der Waals surface area contributed by atoms with Crippen LogP contribution in [0.5, 0.6) is 0 Å². The number of amides is 2. The highest BCUT2D eigenvalue weighted by atomic mass is 16.5. The number of rotatable bonds is 7. The van der Waals surface area contributed by atoms with E-state index < -0.39 is 0 Å². The molecule has 6 heteroatoms. The summed E-state index contributed by atoms with van der Waals surface area (Å²) in [5.41, 5.74) is 0. The van der Waals surface area contributed by atoms with Gasteiger partial charge in [-0.1, -0.05) is 0 Å². The van der Waals surface area contributed by atoms with Crippen molar-refractivity contribution < 1.29 is 14.3 Å². The summed E-state index contributed by atoms with van der Waals surface area (Å²) < 4.78 is 7.16. The van der Waals surface area contributed by atoms with Gasteiger partial charge in [0.1, 0.15) is 0 Å². The third-order valence-corrected chi connectivity index (χ3v) is 5.49. The van der Waals surface area contributed by atoms with Crippen molar-refractivity contribution in [2.75, 3.05) is 33.4 Å². The van der Waals surface area contributed by atoms with E-state index in [1.807, 2.05) is 34.0 Å². The van der Waals surface area contributed by atoms with E-state index >= 15 is 0 Å². The maximum Gasteiger partial charge on any atom is 0.224 e. The van der Waals surface area contributed by atoms with Gasteiger partial charge >= 0.3 is 0 Å². The number of carbonyl (C=O) groups excluding carboxylic acids is 2. The highest BCUT2D eigenvalue weighted by molar-refractivity contribution is 5.78. The molecule has 0 aliphatic carbocycles. The second kappa shape index (κ2) is 8.52. The monoisotopic (exact) mass is 347 g/mol. The first-order chi connectivity index (χ1) is 12.2. The number of hydrogen-bond donors (Lipinski definition) is 0. The third-order valence-electron chi connectivity index (χ3n) is 5.49. The molecule has 0 bridgehead atoms. The van der Waals surface area contributed by atoms with Gasteiger partial charge in [-0.2, -0.15) is 0 Å². The van der Waals surface area contributed by atoms with Crippen molar-refractivity contribution in [3.63, 3.8) is 0 Å². The van der Waals surface area contributed by atoms with Gasteiger partial charge in [0.25, 0.3) is 0 Å². The summed E-state index contributed by atoms with van der Waals surface area (Å²) in [7, 11) is 1.69. The Morgan fingerprint density at radius 2 is 2.04 bits per heavy atom. The van der Waals surface area contributed by atoms with Crippen LogP contribution in [0.1, 0.15) is 32.1 Å². The maximum absolute atomic E-state index is 12.5. The van der Waals surface area contributed by atoms with E-state index in [0.29, 0.717) is 31.4 Å². The Hall–Kier alpha value is -1.82. The van der Waals surface area contributed by atoms with Crippen molar-refractivity contribution in [1.82, 2.24) is 14.4 Å². The lowest BCUT2D eigenvalue weighted by Gasteiger charge is -2.47. The highest BCUT2D eigenvalue weighted by Crippen LogP contribution is 2.31. The molecular weight excluding hydrogens is 318 g/mol. The number of nitrogens with zero attached hydrogens (tertiary/aromatic N) is 3. The molecular formula is C19H29N3O3. The lowest BCUT2D eigenvalue weighted by molar-refractivity contribution is -0.144. The van der Waals surface area contributed by atoms with E-state index in [1.54, 1.807) is 7.11 Å². The zero-order valence-corrected chi connectivity index (χ0v) is 15.1. The molecule has 2 aliphatic rings. The molecule has 1 aromatic heterocycles. The van der Waals surface area contributed by atoms with Gasteiger partial charge in [-0.05, 0) is 37.3 Å². The molecule has 0 aromatic carbocycles. The number of fused-ring (bicyclic) bond motifs is 1. The summed E-state index contributed by atoms with van der Waals surface area (Å²) in [4.78, 5) is 28.9. The average molecular weight is 347 g/mol. The molecule has 2 fully saturated rings. The van der Waals surface area contributed by atoms with Crippen molar-refractivity contribution in [2.45, 2.75) is 44.7 Å². The first-order valence-corrected chi connectivity index (χ1v) is 9.36. The van der Waals surface area contributed by atoms with Crippen molar-refractivity contribution in [3.05, 3.63) is 24.5 Å². The molecule has 0 spiro atoms. The third kappa shape index (κ3) is 4.42. The van der Waals surface area contributed by atoms with E-state index in [0.717, 1.165) is 45.4 Å². The van der Waals surface area contributed by atoms with Crippen LogP contribution < -0.4 is 0 Å². The molecule has 2 saturated heterocycles. The fourth-order valence-electron chi connectivity index (χ4n) is 4.15. The van der Waals surface area contributed by atoms with Crippen LogP contribution in [0.25, 0.3) is 0 Å². The predicted octanol–water partition coefficient (Wildman–Crippen LogP) is 1.75. The highest BCUT2D eigenvalue weighted by Gasteiger charge is 2.39. The largest absolute Gasteiger partial charge is 0.385 e. The van der Waals surface area contributed by atoms with Crippen molar-refractivity contribution in [1.29, 1.82) is 0 Å². The second-order valence-electron chi connectivity index (χ2n) is 7.10. The van der Waals surface area contributed by atoms with E-state index in [4.69, 9.17) is 4.74 Å². The molecule has 6 nitrogen and oxygen atoms in total. The Labute approximate surface area is 149 Å². The Morgan fingerprint density at radius 1 is 1.24 bits per heavy atom. The summed E-state index contributed by atoms with van der Waals surface area (Å²) >= 11 is 0. The van der Waals surface area contributed by atoms with Gasteiger partial charge in [-0.15, -0.1) is 0 Å². The Balaban J connectivity index is 1.52. The van der Waals surface area contributed by atoms with Gasteiger partial charge in [0.05, 0.1) is 0 Å². The minimum atomic E-state index is 0.231. The van der Waals surface area contributed by atoms with Crippen LogP contribution in [-0.4, -0.2) is 65.6 Å². The molecule has 2 unspecified atom stereocenters. The van der Waals surface area contributed by atoms with Crippen molar-refractivity contribution >= 4 is 11.8 Å². The van der Waals surface area contributed by atoms with Gasteiger partial charge in [-0.25, -0.2) is 0 Å². The molecule has 1 aromatic rings. The van der Waals surface area contributed by atoms with Crippen LogP contribution in [-0.2, 0) is 20.9 Å². The molecule has 0 N–H and O–H groups in total. The van der Waals surface area contributed by atoms with Crippen LogP contribution in [0.15, 0.2) is 24.5 Å². The summed E-state index contributed by atoms with van der Waals surface area (Å²) in [5, 5.41) is 0. The molecule has 138 valence electrons. The number of likely N-dealkylation sites (tertiary alicyclic amines) is 2. The fraction of sp³-hybridized carbons (Fsp3) is 0.684. The van der Waals surface area contributed by atoms with Gasteiger partial charge in [-0.3, -0.25) is 9.59 Å². The zero-order chi connectivity index (χ0) is 17.6. The molecule has 0 saturated carbocycles. The quantitative estimate of drug-likeness (QED) is 0.706. The summed E-state index contributed by atoms with van der Waals surface area (Å²) in [6.07, 6.45) is 7.83. The lowest BCUT2D eigenvalue weighted by Crippen LogP contribution is -2.57. The first-order valence-electron chi connectivity index (χ1n) is 9.36. The Bertz CT molecular complexity index is 572. The number of methoxy groups -OCH3 is 1.